The van der Waals surface area contributed by atoms with E-state index in [1.54, 1.807) is 4.57 Å². The average molecular weight is 538 g/mol. The number of benzene rings is 3. The first-order chi connectivity index (χ1) is 19.3. The molecule has 1 fully saturated rings. The quantitative estimate of drug-likeness (QED) is 0.294. The second-order valence-corrected chi connectivity index (χ2v) is 11.6. The van der Waals surface area contributed by atoms with Crippen molar-refractivity contribution < 1.29 is 19.1 Å². The zero-order valence-electron chi connectivity index (χ0n) is 23.3. The lowest BCUT2D eigenvalue weighted by Gasteiger charge is -2.26. The number of ether oxygens (including phenoxy) is 2. The summed E-state index contributed by atoms with van der Waals surface area (Å²) in [5, 5.41) is 3.88. The summed E-state index contributed by atoms with van der Waals surface area (Å²) >= 11 is 0. The fourth-order valence-electron chi connectivity index (χ4n) is 5.69. The number of hydrogen-bond donors (Lipinski definition) is 1. The molecule has 7 heteroatoms. The highest BCUT2D eigenvalue weighted by atomic mass is 16.6. The van der Waals surface area contributed by atoms with E-state index in [1.165, 1.54) is 24.8 Å². The summed E-state index contributed by atoms with van der Waals surface area (Å²) in [5.41, 5.74) is 3.88. The first kappa shape index (κ1) is 26.1. The van der Waals surface area contributed by atoms with Gasteiger partial charge >= 0.3 is 6.09 Å². The Balaban J connectivity index is 1.46. The van der Waals surface area contributed by atoms with E-state index >= 15 is 0 Å². The van der Waals surface area contributed by atoms with Gasteiger partial charge in [-0.15, -0.1) is 0 Å². The maximum atomic E-state index is 13.6. The fraction of sp³-hybridized carbons (Fsp3) is 0.333. The number of rotatable bonds is 5. The van der Waals surface area contributed by atoms with E-state index in [1.807, 2.05) is 75.4 Å². The summed E-state index contributed by atoms with van der Waals surface area (Å²) in [6.45, 7) is 9.03. The van der Waals surface area contributed by atoms with Gasteiger partial charge in [0.25, 0.3) is 5.91 Å². The minimum Gasteiger partial charge on any atom is -0.457 e. The van der Waals surface area contributed by atoms with Crippen molar-refractivity contribution in [1.82, 2.24) is 14.8 Å². The van der Waals surface area contributed by atoms with Crippen molar-refractivity contribution in [2.75, 3.05) is 13.1 Å². The molecule has 206 valence electrons. The molecule has 1 aromatic heterocycles. The number of nitrogens with one attached hydrogen (secondary N) is 1. The van der Waals surface area contributed by atoms with E-state index in [0.29, 0.717) is 34.9 Å². The number of aromatic nitrogens is 1. The Morgan fingerprint density at radius 3 is 2.48 bits per heavy atom. The molecule has 0 radical (unpaired) electrons. The second-order valence-electron chi connectivity index (χ2n) is 11.6. The molecular weight excluding hydrogens is 502 g/mol. The molecule has 2 aliphatic rings. The summed E-state index contributed by atoms with van der Waals surface area (Å²) in [6.07, 6.45) is 3.29. The largest absolute Gasteiger partial charge is 0.457 e. The summed E-state index contributed by atoms with van der Waals surface area (Å²) in [6, 6.07) is 21.5. The lowest BCUT2D eigenvalue weighted by molar-refractivity contribution is 0.0547. The number of nitrogens with zero attached hydrogens (tertiary/aromatic N) is 2. The second kappa shape index (κ2) is 10.5. The molecule has 2 aliphatic heterocycles. The third kappa shape index (κ3) is 5.21. The van der Waals surface area contributed by atoms with Gasteiger partial charge < -0.3 is 14.8 Å². The van der Waals surface area contributed by atoms with Crippen LogP contribution in [0.3, 0.4) is 0 Å². The zero-order valence-corrected chi connectivity index (χ0v) is 23.3. The Kier molecular flexibility index (Phi) is 6.84. The molecule has 0 spiro atoms. The Morgan fingerprint density at radius 1 is 0.950 bits per heavy atom. The first-order valence-corrected chi connectivity index (χ1v) is 14.0. The van der Waals surface area contributed by atoms with E-state index in [-0.39, 0.29) is 5.91 Å². The van der Waals surface area contributed by atoms with Crippen molar-refractivity contribution in [2.24, 2.45) is 0 Å². The van der Waals surface area contributed by atoms with Gasteiger partial charge in [0.2, 0.25) is 0 Å². The molecule has 7 nitrogen and oxygen atoms in total. The lowest BCUT2D eigenvalue weighted by Crippen LogP contribution is -2.29. The van der Waals surface area contributed by atoms with Crippen LogP contribution in [0.4, 0.5) is 4.79 Å². The van der Waals surface area contributed by atoms with Crippen LogP contribution >= 0.6 is 0 Å². The minimum atomic E-state index is -0.675. The van der Waals surface area contributed by atoms with Gasteiger partial charge in [0, 0.05) is 29.6 Å². The van der Waals surface area contributed by atoms with Gasteiger partial charge in [0.05, 0.1) is 16.8 Å². The van der Waals surface area contributed by atoms with Crippen LogP contribution in [0, 0.1) is 0 Å². The maximum absolute atomic E-state index is 13.6. The predicted molar refractivity (Wildman–Crippen MR) is 156 cm³/mol. The standard InChI is InChI=1S/C33H35N3O4/c1-33(2,3)40-32(38)36-27-14-12-22(21-35-16-8-5-9-17-35)18-23(27)19-28(36)25-13-15-29(26-20-34-31(37)30(25)26)39-24-10-6-4-7-11-24/h4,6-7,10-15,18-19H,5,8-9,16-17,20-21H2,1-3H3,(H,34,37). The number of carbonyl (C=O) groups excluding carboxylic acids is 2. The zero-order chi connectivity index (χ0) is 27.9. The number of para-hydroxylation sites is 1. The topological polar surface area (TPSA) is 72.8 Å². The average Bonchev–Trinajstić information content (AvgIpc) is 3.50. The first-order valence-electron chi connectivity index (χ1n) is 14.0. The minimum absolute atomic E-state index is 0.185. The molecule has 3 aromatic carbocycles. The van der Waals surface area contributed by atoms with Crippen LogP contribution in [0.15, 0.2) is 66.7 Å². The van der Waals surface area contributed by atoms with Gasteiger partial charge in [0.15, 0.2) is 0 Å². The van der Waals surface area contributed by atoms with Crippen LogP contribution in [0.1, 0.15) is 61.5 Å². The molecular formula is C33H35N3O4. The molecule has 3 heterocycles. The van der Waals surface area contributed by atoms with Crippen LogP contribution in [0.25, 0.3) is 22.2 Å². The van der Waals surface area contributed by atoms with Crippen molar-refractivity contribution in [2.45, 2.75) is 58.7 Å². The number of amides is 1. The number of fused-ring (bicyclic) bond motifs is 2. The molecule has 1 amide bonds. The van der Waals surface area contributed by atoms with Gasteiger partial charge in [-0.2, -0.15) is 0 Å². The third-order valence-corrected chi connectivity index (χ3v) is 7.47. The molecule has 6 rings (SSSR count). The van der Waals surface area contributed by atoms with E-state index in [2.05, 4.69) is 22.3 Å². The van der Waals surface area contributed by atoms with Crippen LogP contribution in [0.5, 0.6) is 11.5 Å². The molecule has 0 saturated carbocycles. The normalized spacial score (nSPS) is 15.6. The fourth-order valence-corrected chi connectivity index (χ4v) is 5.69. The number of hydrogen-bond acceptors (Lipinski definition) is 5. The van der Waals surface area contributed by atoms with Crippen molar-refractivity contribution in [3.05, 3.63) is 83.4 Å². The van der Waals surface area contributed by atoms with Crippen LogP contribution in [-0.2, 0) is 17.8 Å². The molecule has 0 atom stereocenters. The number of likely N-dealkylation sites (tertiary alicyclic amines) is 1. The lowest BCUT2D eigenvalue weighted by atomic mass is 9.99. The van der Waals surface area contributed by atoms with Crippen molar-refractivity contribution in [1.29, 1.82) is 0 Å². The Labute approximate surface area is 234 Å². The molecule has 40 heavy (non-hydrogen) atoms. The van der Waals surface area contributed by atoms with Gasteiger partial charge in [-0.3, -0.25) is 9.69 Å². The van der Waals surface area contributed by atoms with E-state index in [9.17, 15) is 9.59 Å². The van der Waals surface area contributed by atoms with Gasteiger partial charge in [-0.25, -0.2) is 9.36 Å². The van der Waals surface area contributed by atoms with Crippen LogP contribution < -0.4 is 10.1 Å². The smallest absolute Gasteiger partial charge is 0.419 e. The van der Waals surface area contributed by atoms with Crippen LogP contribution in [0.2, 0.25) is 0 Å². The van der Waals surface area contributed by atoms with Crippen molar-refractivity contribution in [3.63, 3.8) is 0 Å². The Morgan fingerprint density at radius 2 is 1.73 bits per heavy atom. The summed E-state index contributed by atoms with van der Waals surface area (Å²) in [7, 11) is 0. The summed E-state index contributed by atoms with van der Waals surface area (Å²) < 4.78 is 13.6. The van der Waals surface area contributed by atoms with Crippen LogP contribution in [-0.4, -0.2) is 40.2 Å². The molecule has 0 bridgehead atoms. The number of carbonyl (C=O) groups is 2. The molecule has 0 unspecified atom stereocenters. The SMILES string of the molecule is CC(C)(C)OC(=O)n1c(-c2ccc(Oc3ccccc3)c3c2C(=O)NC3)cc2cc(CN3CCCCC3)ccc21. The molecule has 1 N–H and O–H groups in total. The highest BCUT2D eigenvalue weighted by molar-refractivity contribution is 6.07. The summed E-state index contributed by atoms with van der Waals surface area (Å²) in [5.74, 6) is 1.13. The van der Waals surface area contributed by atoms with Crippen molar-refractivity contribution in [3.8, 4) is 22.8 Å². The molecule has 0 aliphatic carbocycles. The van der Waals surface area contributed by atoms with E-state index < -0.39 is 11.7 Å². The van der Waals surface area contributed by atoms with Gasteiger partial charge in [-0.05, 0) is 94.7 Å². The highest BCUT2D eigenvalue weighted by Gasteiger charge is 2.31. The van der Waals surface area contributed by atoms with Crippen molar-refractivity contribution >= 4 is 22.9 Å². The third-order valence-electron chi connectivity index (χ3n) is 7.47. The monoisotopic (exact) mass is 537 g/mol. The predicted octanol–water partition coefficient (Wildman–Crippen LogP) is 7.11. The summed E-state index contributed by atoms with van der Waals surface area (Å²) in [4.78, 5) is 29.3. The Hall–Kier alpha value is -4.10. The Bertz CT molecular complexity index is 1580. The van der Waals surface area contributed by atoms with Gasteiger partial charge in [-0.1, -0.05) is 30.7 Å². The van der Waals surface area contributed by atoms with E-state index in [0.717, 1.165) is 36.1 Å². The number of piperidine rings is 1. The molecule has 4 aromatic rings. The highest BCUT2D eigenvalue weighted by Crippen LogP contribution is 2.39. The maximum Gasteiger partial charge on any atom is 0.419 e. The molecule has 1 saturated heterocycles. The van der Waals surface area contributed by atoms with E-state index in [4.69, 9.17) is 9.47 Å². The van der Waals surface area contributed by atoms with Gasteiger partial charge in [0.1, 0.15) is 17.1 Å².